The number of anilines is 1. The van der Waals surface area contributed by atoms with Gasteiger partial charge in [0, 0.05) is 25.3 Å². The minimum absolute atomic E-state index is 0.174. The normalized spacial score (nSPS) is 19.1. The zero-order valence-electron chi connectivity index (χ0n) is 17.9. The van der Waals surface area contributed by atoms with Crippen LogP contribution in [0.5, 0.6) is 0 Å². The summed E-state index contributed by atoms with van der Waals surface area (Å²) >= 11 is 0. The van der Waals surface area contributed by atoms with E-state index >= 15 is 0 Å². The lowest BCUT2D eigenvalue weighted by molar-refractivity contribution is -0.156. The van der Waals surface area contributed by atoms with Crippen LogP contribution in [0.15, 0.2) is 30.5 Å². The SMILES string of the molecule is CC(C)[C@@H](C(=O)O)N(C=C=O)N1CCC2(CC1)CN(c1cccc(COC=O)c1)CO2. The van der Waals surface area contributed by atoms with E-state index in [2.05, 4.69) is 4.90 Å². The van der Waals surface area contributed by atoms with Crippen LogP contribution >= 0.6 is 0 Å². The number of aliphatic carboxylic acids is 1. The largest absolute Gasteiger partial charge is 0.480 e. The van der Waals surface area contributed by atoms with Gasteiger partial charge >= 0.3 is 5.97 Å². The highest BCUT2D eigenvalue weighted by molar-refractivity contribution is 5.74. The molecule has 1 N–H and O–H groups in total. The second-order valence-corrected chi connectivity index (χ2v) is 8.34. The Morgan fingerprint density at radius 1 is 1.39 bits per heavy atom. The molecular weight excluding hydrogens is 402 g/mol. The molecule has 168 valence electrons. The first-order chi connectivity index (χ1) is 14.9. The molecule has 9 nitrogen and oxygen atoms in total. The fourth-order valence-electron chi connectivity index (χ4n) is 4.32. The second kappa shape index (κ2) is 9.96. The molecule has 1 aromatic rings. The monoisotopic (exact) mass is 431 g/mol. The van der Waals surface area contributed by atoms with Crippen molar-refractivity contribution in [3.63, 3.8) is 0 Å². The molecule has 2 aliphatic rings. The van der Waals surface area contributed by atoms with Gasteiger partial charge in [-0.3, -0.25) is 9.80 Å². The maximum absolute atomic E-state index is 11.8. The molecule has 0 aliphatic carbocycles. The van der Waals surface area contributed by atoms with Crippen LogP contribution in [0.1, 0.15) is 32.3 Å². The molecule has 0 unspecified atom stereocenters. The van der Waals surface area contributed by atoms with Gasteiger partial charge in [-0.2, -0.15) is 0 Å². The van der Waals surface area contributed by atoms with Gasteiger partial charge in [0.1, 0.15) is 31.5 Å². The molecular formula is C22H29N3O6. The third-order valence-electron chi connectivity index (χ3n) is 5.93. The summed E-state index contributed by atoms with van der Waals surface area (Å²) in [5.41, 5.74) is 1.59. The van der Waals surface area contributed by atoms with Crippen LogP contribution < -0.4 is 4.90 Å². The van der Waals surface area contributed by atoms with Crippen LogP contribution in [0.25, 0.3) is 0 Å². The number of hydrogen-bond acceptors (Lipinski definition) is 8. The number of ether oxygens (including phenoxy) is 2. The van der Waals surface area contributed by atoms with Crippen molar-refractivity contribution in [3.8, 4) is 0 Å². The standard InChI is InChI=1S/C22H29N3O6/c1-17(2)20(21(28)29)25(10-11-26)24-8-6-22(7-9-24)14-23(15-31-22)19-5-3-4-18(12-19)13-30-16-27/h3-5,10,12,16-17,20H,6-9,13-15H2,1-2H3,(H,28,29)/t20-/m0/s1. The molecule has 2 aliphatic heterocycles. The quantitative estimate of drug-likeness (QED) is 0.462. The summed E-state index contributed by atoms with van der Waals surface area (Å²) in [7, 11) is 0. The van der Waals surface area contributed by atoms with E-state index in [-0.39, 0.29) is 18.1 Å². The maximum Gasteiger partial charge on any atom is 0.328 e. The Hall–Kier alpha value is -2.87. The first-order valence-electron chi connectivity index (χ1n) is 10.4. The number of rotatable bonds is 9. The number of carbonyl (C=O) groups excluding carboxylic acids is 2. The van der Waals surface area contributed by atoms with Crippen LogP contribution in [0.3, 0.4) is 0 Å². The summed E-state index contributed by atoms with van der Waals surface area (Å²) in [6.45, 7) is 6.64. The average Bonchev–Trinajstić information content (AvgIpc) is 3.16. The average molecular weight is 431 g/mol. The lowest BCUT2D eigenvalue weighted by atomic mass is 9.91. The van der Waals surface area contributed by atoms with E-state index in [1.165, 1.54) is 11.2 Å². The smallest absolute Gasteiger partial charge is 0.328 e. The van der Waals surface area contributed by atoms with Crippen molar-refractivity contribution in [3.05, 3.63) is 36.0 Å². The van der Waals surface area contributed by atoms with Crippen molar-refractivity contribution in [1.29, 1.82) is 0 Å². The Morgan fingerprint density at radius 2 is 2.13 bits per heavy atom. The molecule has 0 saturated carbocycles. The number of carboxylic acid groups (broad SMARTS) is 1. The predicted molar refractivity (Wildman–Crippen MR) is 112 cm³/mol. The van der Waals surface area contributed by atoms with Crippen molar-refractivity contribution in [1.82, 2.24) is 10.0 Å². The highest BCUT2D eigenvalue weighted by Gasteiger charge is 2.44. The van der Waals surface area contributed by atoms with Gasteiger partial charge in [0.15, 0.2) is 0 Å². The number of nitrogens with zero attached hydrogens (tertiary/aromatic N) is 3. The Labute approximate surface area is 181 Å². The Kier molecular flexibility index (Phi) is 7.33. The number of benzene rings is 1. The van der Waals surface area contributed by atoms with E-state index in [1.807, 2.05) is 43.1 Å². The molecule has 1 aromatic carbocycles. The maximum atomic E-state index is 11.8. The van der Waals surface area contributed by atoms with Crippen molar-refractivity contribution < 1.29 is 29.0 Å². The van der Waals surface area contributed by atoms with Gasteiger partial charge in [0.05, 0.1) is 5.60 Å². The third kappa shape index (κ3) is 5.25. The molecule has 1 spiro atoms. The van der Waals surface area contributed by atoms with Crippen molar-refractivity contribution in [2.24, 2.45) is 5.92 Å². The molecule has 9 heteroatoms. The number of carboxylic acids is 1. The molecule has 0 bridgehead atoms. The molecule has 0 radical (unpaired) electrons. The Balaban J connectivity index is 1.65. The lowest BCUT2D eigenvalue weighted by Gasteiger charge is -2.45. The van der Waals surface area contributed by atoms with E-state index in [0.717, 1.165) is 17.8 Å². The number of hydrazine groups is 1. The van der Waals surface area contributed by atoms with Crippen molar-refractivity contribution >= 4 is 24.1 Å². The fraction of sp³-hybridized carbons (Fsp3) is 0.545. The predicted octanol–water partition coefficient (Wildman–Crippen LogP) is 1.66. The molecule has 0 amide bonds. The Morgan fingerprint density at radius 3 is 2.74 bits per heavy atom. The number of hydrogen-bond donors (Lipinski definition) is 1. The molecule has 31 heavy (non-hydrogen) atoms. The molecule has 2 saturated heterocycles. The van der Waals surface area contributed by atoms with Gasteiger partial charge in [0.25, 0.3) is 6.47 Å². The molecule has 0 aromatic heterocycles. The van der Waals surface area contributed by atoms with Crippen LogP contribution in [0, 0.1) is 5.92 Å². The minimum Gasteiger partial charge on any atom is -0.480 e. The molecule has 2 heterocycles. The zero-order chi connectivity index (χ0) is 22.4. The zero-order valence-corrected chi connectivity index (χ0v) is 17.9. The topological polar surface area (TPSA) is 99.6 Å². The van der Waals surface area contributed by atoms with Crippen LogP contribution in [0.4, 0.5) is 5.69 Å². The summed E-state index contributed by atoms with van der Waals surface area (Å²) in [4.78, 5) is 35.4. The van der Waals surface area contributed by atoms with Gasteiger partial charge in [-0.1, -0.05) is 26.0 Å². The lowest BCUT2D eigenvalue weighted by Crippen LogP contribution is -2.57. The first kappa shape index (κ1) is 22.8. The summed E-state index contributed by atoms with van der Waals surface area (Å²) < 4.78 is 11.0. The van der Waals surface area contributed by atoms with Crippen LogP contribution in [-0.4, -0.2) is 71.5 Å². The van der Waals surface area contributed by atoms with Crippen molar-refractivity contribution in [2.45, 2.75) is 44.9 Å². The van der Waals surface area contributed by atoms with E-state index in [0.29, 0.717) is 39.1 Å². The fourth-order valence-corrected chi connectivity index (χ4v) is 4.32. The van der Waals surface area contributed by atoms with Gasteiger partial charge in [0.2, 0.25) is 0 Å². The second-order valence-electron chi connectivity index (χ2n) is 8.34. The first-order valence-corrected chi connectivity index (χ1v) is 10.4. The van der Waals surface area contributed by atoms with Gasteiger partial charge < -0.3 is 19.5 Å². The van der Waals surface area contributed by atoms with Gasteiger partial charge in [-0.15, -0.1) is 0 Å². The highest BCUT2D eigenvalue weighted by atomic mass is 16.5. The minimum atomic E-state index is -0.969. The van der Waals surface area contributed by atoms with Crippen LogP contribution in [0.2, 0.25) is 0 Å². The summed E-state index contributed by atoms with van der Waals surface area (Å²) in [5, 5.41) is 13.0. The molecule has 2 fully saturated rings. The summed E-state index contributed by atoms with van der Waals surface area (Å²) in [6, 6.07) is 6.98. The molecule has 3 rings (SSSR count). The van der Waals surface area contributed by atoms with E-state index in [1.54, 1.807) is 5.94 Å². The van der Waals surface area contributed by atoms with E-state index < -0.39 is 12.0 Å². The van der Waals surface area contributed by atoms with Crippen molar-refractivity contribution in [2.75, 3.05) is 31.3 Å². The Bertz CT molecular complexity index is 830. The third-order valence-corrected chi connectivity index (χ3v) is 5.93. The van der Waals surface area contributed by atoms with Gasteiger partial charge in [-0.05, 0) is 36.5 Å². The van der Waals surface area contributed by atoms with E-state index in [4.69, 9.17) is 9.47 Å². The summed E-state index contributed by atoms with van der Waals surface area (Å²) in [5.74, 6) is 0.596. The molecule has 1 atom stereocenters. The van der Waals surface area contributed by atoms with Gasteiger partial charge in [-0.25, -0.2) is 14.6 Å². The highest BCUT2D eigenvalue weighted by Crippen LogP contribution is 2.35. The van der Waals surface area contributed by atoms with Crippen LogP contribution in [-0.2, 0) is 30.5 Å². The van der Waals surface area contributed by atoms with E-state index in [9.17, 15) is 19.5 Å². The summed E-state index contributed by atoms with van der Waals surface area (Å²) in [6.07, 6.45) is 2.61. The number of carbonyl (C=O) groups is 2. The number of piperidine rings is 1.